The first-order valence-electron chi connectivity index (χ1n) is 6.15. The molecule has 0 fully saturated rings. The molecule has 2 rings (SSSR count). The van der Waals surface area contributed by atoms with Crippen molar-refractivity contribution in [3.63, 3.8) is 0 Å². The summed E-state index contributed by atoms with van der Waals surface area (Å²) >= 11 is 6.18. The molecule has 1 aromatic carbocycles. The number of benzene rings is 1. The van der Waals surface area contributed by atoms with Crippen molar-refractivity contribution in [2.75, 3.05) is 6.54 Å². The molecule has 0 aliphatic rings. The van der Waals surface area contributed by atoms with Gasteiger partial charge in [0.15, 0.2) is 0 Å². The van der Waals surface area contributed by atoms with E-state index in [2.05, 4.69) is 29.4 Å². The summed E-state index contributed by atoms with van der Waals surface area (Å²) in [6.07, 6.45) is 4.62. The minimum absolute atomic E-state index is 0.809. The predicted molar refractivity (Wildman–Crippen MR) is 74.8 cm³/mol. The number of nitrogens with zero attached hydrogens (tertiary/aromatic N) is 2. The summed E-state index contributed by atoms with van der Waals surface area (Å²) in [4.78, 5) is 4.34. The van der Waals surface area contributed by atoms with Crippen LogP contribution in [0.1, 0.15) is 23.9 Å². The predicted octanol–water partition coefficient (Wildman–Crippen LogP) is 2.77. The van der Waals surface area contributed by atoms with Gasteiger partial charge in [-0.05, 0) is 23.7 Å². The Labute approximate surface area is 113 Å². The quantitative estimate of drug-likeness (QED) is 0.899. The summed E-state index contributed by atoms with van der Waals surface area (Å²) in [5, 5.41) is 4.12. The molecule has 1 N–H and O–H groups in total. The van der Waals surface area contributed by atoms with Crippen LogP contribution in [-0.4, -0.2) is 16.1 Å². The molecular formula is C14H18ClN3. The minimum Gasteiger partial charge on any atom is -0.338 e. The van der Waals surface area contributed by atoms with Crippen LogP contribution in [0.2, 0.25) is 5.02 Å². The molecule has 3 nitrogen and oxygen atoms in total. The molecule has 0 saturated carbocycles. The third-order valence-corrected chi connectivity index (χ3v) is 3.33. The van der Waals surface area contributed by atoms with Gasteiger partial charge in [-0.1, -0.05) is 30.7 Å². The Balaban J connectivity index is 2.16. The summed E-state index contributed by atoms with van der Waals surface area (Å²) in [7, 11) is 2.01. The second-order valence-corrected chi connectivity index (χ2v) is 4.74. The van der Waals surface area contributed by atoms with Crippen molar-refractivity contribution in [2.45, 2.75) is 19.9 Å². The number of aryl methyl sites for hydroxylation is 1. The molecule has 0 aliphatic carbocycles. The van der Waals surface area contributed by atoms with Crippen LogP contribution in [0.3, 0.4) is 0 Å². The number of nitrogens with one attached hydrogen (secondary N) is 1. The van der Waals surface area contributed by atoms with Crippen LogP contribution < -0.4 is 5.32 Å². The van der Waals surface area contributed by atoms with Crippen molar-refractivity contribution in [1.82, 2.24) is 14.9 Å². The third kappa shape index (κ3) is 3.12. The van der Waals surface area contributed by atoms with Gasteiger partial charge in [-0.15, -0.1) is 0 Å². The minimum atomic E-state index is 0.809. The fourth-order valence-electron chi connectivity index (χ4n) is 1.88. The topological polar surface area (TPSA) is 29.9 Å². The number of rotatable bonds is 5. The van der Waals surface area contributed by atoms with Crippen LogP contribution in [0.25, 0.3) is 0 Å². The zero-order valence-corrected chi connectivity index (χ0v) is 11.5. The van der Waals surface area contributed by atoms with Crippen molar-refractivity contribution in [2.24, 2.45) is 7.05 Å². The van der Waals surface area contributed by atoms with E-state index in [-0.39, 0.29) is 0 Å². The van der Waals surface area contributed by atoms with E-state index in [1.165, 1.54) is 5.56 Å². The van der Waals surface area contributed by atoms with Gasteiger partial charge in [0.2, 0.25) is 0 Å². The van der Waals surface area contributed by atoms with Gasteiger partial charge in [0, 0.05) is 37.4 Å². The Morgan fingerprint density at radius 3 is 2.89 bits per heavy atom. The third-order valence-electron chi connectivity index (χ3n) is 2.96. The SMILES string of the molecule is CCNCc1cc(Cc2nccn2C)ccc1Cl. The highest BCUT2D eigenvalue weighted by Gasteiger charge is 2.05. The second kappa shape index (κ2) is 6.03. The average Bonchev–Trinajstić information content (AvgIpc) is 2.76. The number of aromatic nitrogens is 2. The van der Waals surface area contributed by atoms with Gasteiger partial charge in [0.25, 0.3) is 0 Å². The molecule has 4 heteroatoms. The molecule has 0 saturated heterocycles. The molecule has 0 atom stereocenters. The molecule has 0 spiro atoms. The summed E-state index contributed by atoms with van der Waals surface area (Å²) < 4.78 is 2.04. The average molecular weight is 264 g/mol. The fraction of sp³-hybridized carbons (Fsp3) is 0.357. The summed E-state index contributed by atoms with van der Waals surface area (Å²) in [6, 6.07) is 6.18. The summed E-state index contributed by atoms with van der Waals surface area (Å²) in [6.45, 7) is 3.84. The normalized spacial score (nSPS) is 10.8. The van der Waals surface area contributed by atoms with E-state index < -0.39 is 0 Å². The van der Waals surface area contributed by atoms with Gasteiger partial charge >= 0.3 is 0 Å². The van der Waals surface area contributed by atoms with Crippen LogP contribution in [-0.2, 0) is 20.0 Å². The molecule has 0 aliphatic heterocycles. The Morgan fingerprint density at radius 2 is 2.22 bits per heavy atom. The Kier molecular flexibility index (Phi) is 4.39. The molecule has 0 bridgehead atoms. The Hall–Kier alpha value is -1.32. The molecule has 0 unspecified atom stereocenters. The summed E-state index contributed by atoms with van der Waals surface area (Å²) in [5.41, 5.74) is 2.38. The zero-order chi connectivity index (χ0) is 13.0. The maximum absolute atomic E-state index is 6.18. The van der Waals surface area contributed by atoms with Gasteiger partial charge in [0.05, 0.1) is 0 Å². The van der Waals surface area contributed by atoms with Gasteiger partial charge in [-0.2, -0.15) is 0 Å². The molecule has 2 aromatic rings. The molecule has 0 amide bonds. The first-order chi connectivity index (χ1) is 8.70. The Bertz CT molecular complexity index is 520. The van der Waals surface area contributed by atoms with E-state index >= 15 is 0 Å². The zero-order valence-electron chi connectivity index (χ0n) is 10.8. The standard InChI is InChI=1S/C14H18ClN3/c1-3-16-10-12-8-11(4-5-13(12)15)9-14-17-6-7-18(14)2/h4-8,16H,3,9-10H2,1-2H3. The lowest BCUT2D eigenvalue weighted by molar-refractivity contribution is 0.725. The lowest BCUT2D eigenvalue weighted by Gasteiger charge is -2.08. The highest BCUT2D eigenvalue weighted by Crippen LogP contribution is 2.19. The van der Waals surface area contributed by atoms with Gasteiger partial charge < -0.3 is 9.88 Å². The van der Waals surface area contributed by atoms with Crippen LogP contribution >= 0.6 is 11.6 Å². The highest BCUT2D eigenvalue weighted by atomic mass is 35.5. The highest BCUT2D eigenvalue weighted by molar-refractivity contribution is 6.31. The maximum Gasteiger partial charge on any atom is 0.112 e. The van der Waals surface area contributed by atoms with E-state index in [4.69, 9.17) is 11.6 Å². The number of halogens is 1. The van der Waals surface area contributed by atoms with Gasteiger partial charge in [-0.25, -0.2) is 4.98 Å². The molecular weight excluding hydrogens is 246 g/mol. The van der Waals surface area contributed by atoms with Crippen LogP contribution in [0.4, 0.5) is 0 Å². The number of imidazole rings is 1. The molecule has 1 heterocycles. The van der Waals surface area contributed by atoms with Crippen LogP contribution in [0.15, 0.2) is 30.6 Å². The summed E-state index contributed by atoms with van der Waals surface area (Å²) in [5.74, 6) is 1.06. The van der Waals surface area contributed by atoms with Crippen molar-refractivity contribution in [3.05, 3.63) is 52.6 Å². The lowest BCUT2D eigenvalue weighted by Crippen LogP contribution is -2.12. The largest absolute Gasteiger partial charge is 0.338 e. The first-order valence-corrected chi connectivity index (χ1v) is 6.52. The molecule has 1 aromatic heterocycles. The monoisotopic (exact) mass is 263 g/mol. The van der Waals surface area contributed by atoms with Crippen molar-refractivity contribution in [3.8, 4) is 0 Å². The Morgan fingerprint density at radius 1 is 1.39 bits per heavy atom. The fourth-order valence-corrected chi connectivity index (χ4v) is 2.07. The van der Waals surface area contributed by atoms with E-state index in [1.54, 1.807) is 0 Å². The van der Waals surface area contributed by atoms with Gasteiger partial charge in [-0.3, -0.25) is 0 Å². The lowest BCUT2D eigenvalue weighted by atomic mass is 10.1. The smallest absolute Gasteiger partial charge is 0.112 e. The van der Waals surface area contributed by atoms with Crippen molar-refractivity contribution >= 4 is 11.6 Å². The van der Waals surface area contributed by atoms with E-state index in [9.17, 15) is 0 Å². The maximum atomic E-state index is 6.18. The van der Waals surface area contributed by atoms with E-state index in [1.807, 2.05) is 30.1 Å². The number of hydrogen-bond donors (Lipinski definition) is 1. The molecule has 0 radical (unpaired) electrons. The van der Waals surface area contributed by atoms with E-state index in [0.717, 1.165) is 35.9 Å². The van der Waals surface area contributed by atoms with Crippen molar-refractivity contribution < 1.29 is 0 Å². The molecule has 96 valence electrons. The van der Waals surface area contributed by atoms with E-state index in [0.29, 0.717) is 0 Å². The van der Waals surface area contributed by atoms with Gasteiger partial charge in [0.1, 0.15) is 5.82 Å². The van der Waals surface area contributed by atoms with Crippen LogP contribution in [0.5, 0.6) is 0 Å². The first kappa shape index (κ1) is 13.1. The van der Waals surface area contributed by atoms with Crippen molar-refractivity contribution in [1.29, 1.82) is 0 Å². The number of hydrogen-bond acceptors (Lipinski definition) is 2. The molecule has 18 heavy (non-hydrogen) atoms. The van der Waals surface area contributed by atoms with Crippen LogP contribution in [0, 0.1) is 0 Å². The second-order valence-electron chi connectivity index (χ2n) is 4.34.